The highest BCUT2D eigenvalue weighted by Crippen LogP contribution is 2.29. The van der Waals surface area contributed by atoms with Gasteiger partial charge in [-0.2, -0.15) is 4.99 Å². The number of hydrogen-bond acceptors (Lipinski definition) is 4. The van der Waals surface area contributed by atoms with Crippen LogP contribution in [0.2, 0.25) is 0 Å². The number of hydrogen-bond donors (Lipinski definition) is 0. The molecule has 31 heavy (non-hydrogen) atoms. The summed E-state index contributed by atoms with van der Waals surface area (Å²) in [7, 11) is 0. The van der Waals surface area contributed by atoms with Crippen molar-refractivity contribution in [2.45, 2.75) is 39.7 Å². The number of amides is 1. The van der Waals surface area contributed by atoms with Gasteiger partial charge in [0.05, 0.1) is 23.4 Å². The Balaban J connectivity index is 1.76. The van der Waals surface area contributed by atoms with Crippen molar-refractivity contribution in [2.75, 3.05) is 6.61 Å². The Morgan fingerprint density at radius 3 is 2.90 bits per heavy atom. The molecule has 0 saturated heterocycles. The number of thiazole rings is 1. The van der Waals surface area contributed by atoms with Gasteiger partial charge in [-0.05, 0) is 49.6 Å². The van der Waals surface area contributed by atoms with Crippen molar-refractivity contribution in [1.82, 2.24) is 4.57 Å². The molecule has 0 aliphatic rings. The van der Waals surface area contributed by atoms with Crippen molar-refractivity contribution in [1.29, 1.82) is 0 Å². The van der Waals surface area contributed by atoms with Gasteiger partial charge in [-0.25, -0.2) is 0 Å². The second-order valence-electron chi connectivity index (χ2n) is 7.22. The molecule has 0 saturated carbocycles. The number of aromatic nitrogens is 1. The Labute approximate surface area is 185 Å². The number of benzene rings is 2. The zero-order chi connectivity index (χ0) is 21.8. The summed E-state index contributed by atoms with van der Waals surface area (Å²) in [6, 6.07) is 13.6. The van der Waals surface area contributed by atoms with E-state index in [1.165, 1.54) is 16.9 Å². The van der Waals surface area contributed by atoms with Crippen LogP contribution in [0.3, 0.4) is 0 Å². The van der Waals surface area contributed by atoms with Crippen molar-refractivity contribution < 1.29 is 13.9 Å². The Kier molecular flexibility index (Phi) is 6.24. The van der Waals surface area contributed by atoms with E-state index in [9.17, 15) is 4.79 Å². The summed E-state index contributed by atoms with van der Waals surface area (Å²) in [6.07, 6.45) is 8.92. The monoisotopic (exact) mass is 432 g/mol. The normalized spacial score (nSPS) is 11.8. The number of aryl methyl sites for hydroxylation is 1. The summed E-state index contributed by atoms with van der Waals surface area (Å²) in [4.78, 5) is 17.9. The number of nitrogens with zero attached hydrogens (tertiary/aromatic N) is 2. The van der Waals surface area contributed by atoms with Crippen molar-refractivity contribution in [2.24, 2.45) is 4.99 Å². The second kappa shape index (κ2) is 9.23. The highest BCUT2D eigenvalue weighted by molar-refractivity contribution is 7.16. The largest absolute Gasteiger partial charge is 0.490 e. The molecule has 6 heteroatoms. The van der Waals surface area contributed by atoms with Crippen molar-refractivity contribution >= 4 is 38.4 Å². The van der Waals surface area contributed by atoms with E-state index >= 15 is 0 Å². The summed E-state index contributed by atoms with van der Waals surface area (Å²) < 4.78 is 14.4. The maximum Gasteiger partial charge on any atom is 0.315 e. The molecule has 2 aromatic carbocycles. The molecule has 2 heterocycles. The van der Waals surface area contributed by atoms with Crippen molar-refractivity contribution in [3.8, 4) is 18.1 Å². The minimum atomic E-state index is -0.442. The smallest absolute Gasteiger partial charge is 0.315 e. The van der Waals surface area contributed by atoms with Gasteiger partial charge in [0.2, 0.25) is 0 Å². The Morgan fingerprint density at radius 1 is 1.26 bits per heavy atom. The van der Waals surface area contributed by atoms with E-state index in [-0.39, 0.29) is 5.76 Å². The quantitative estimate of drug-likeness (QED) is 0.359. The Morgan fingerprint density at radius 2 is 2.13 bits per heavy atom. The van der Waals surface area contributed by atoms with E-state index in [4.69, 9.17) is 15.6 Å². The van der Waals surface area contributed by atoms with Gasteiger partial charge in [-0.1, -0.05) is 48.8 Å². The number of unbranched alkanes of at least 4 members (excludes halogenated alkanes) is 1. The molecule has 4 aromatic rings. The van der Waals surface area contributed by atoms with Gasteiger partial charge < -0.3 is 13.7 Å². The van der Waals surface area contributed by atoms with Crippen LogP contribution in [0.5, 0.6) is 5.75 Å². The van der Waals surface area contributed by atoms with E-state index in [1.54, 1.807) is 6.07 Å². The van der Waals surface area contributed by atoms with Crippen molar-refractivity contribution in [3.05, 3.63) is 58.6 Å². The number of para-hydroxylation sites is 1. The first-order valence-corrected chi connectivity index (χ1v) is 11.3. The highest BCUT2D eigenvalue weighted by atomic mass is 32.1. The zero-order valence-electron chi connectivity index (χ0n) is 17.7. The zero-order valence-corrected chi connectivity index (χ0v) is 18.5. The molecule has 0 aliphatic carbocycles. The van der Waals surface area contributed by atoms with E-state index < -0.39 is 5.91 Å². The van der Waals surface area contributed by atoms with E-state index in [0.717, 1.165) is 34.9 Å². The van der Waals surface area contributed by atoms with Crippen LogP contribution in [-0.4, -0.2) is 17.1 Å². The third kappa shape index (κ3) is 4.28. The molecule has 5 nitrogen and oxygen atoms in total. The van der Waals surface area contributed by atoms with Crippen LogP contribution >= 0.6 is 11.3 Å². The molecule has 0 N–H and O–H groups in total. The summed E-state index contributed by atoms with van der Waals surface area (Å²) >= 11 is 1.47. The van der Waals surface area contributed by atoms with Crippen molar-refractivity contribution in [3.63, 3.8) is 0 Å². The third-order valence-electron chi connectivity index (χ3n) is 5.03. The number of fused-ring (bicyclic) bond motifs is 2. The minimum Gasteiger partial charge on any atom is -0.490 e. The first-order valence-electron chi connectivity index (χ1n) is 10.4. The molecule has 2 aromatic heterocycles. The lowest BCUT2D eigenvalue weighted by molar-refractivity contribution is 0.0973. The molecule has 0 spiro atoms. The molecule has 0 bridgehead atoms. The SMILES string of the molecule is C#CCn1c(=NC(=O)c2cc3cccc(OCC)c3o2)sc2cc(CCCC)ccc21. The van der Waals surface area contributed by atoms with Crippen LogP contribution < -0.4 is 9.54 Å². The maximum absolute atomic E-state index is 12.9. The first kappa shape index (κ1) is 21.0. The molecular formula is C25H24N2O3S. The molecular weight excluding hydrogens is 408 g/mol. The van der Waals surface area contributed by atoms with Crippen LogP contribution in [0.15, 0.2) is 51.9 Å². The predicted molar refractivity (Wildman–Crippen MR) is 125 cm³/mol. The van der Waals surface area contributed by atoms with Gasteiger partial charge >= 0.3 is 5.91 Å². The lowest BCUT2D eigenvalue weighted by Gasteiger charge is -2.02. The number of rotatable bonds is 7. The number of ether oxygens (including phenoxy) is 1. The average Bonchev–Trinajstić information content (AvgIpc) is 3.35. The third-order valence-corrected chi connectivity index (χ3v) is 6.07. The summed E-state index contributed by atoms with van der Waals surface area (Å²) in [6.45, 7) is 4.95. The van der Waals surface area contributed by atoms with E-state index in [1.807, 2.05) is 29.7 Å². The number of terminal acetylenes is 1. The molecule has 158 valence electrons. The molecule has 1 amide bonds. The number of furan rings is 1. The van der Waals surface area contributed by atoms with Gasteiger partial charge in [0, 0.05) is 5.39 Å². The fourth-order valence-corrected chi connectivity index (χ4v) is 4.63. The topological polar surface area (TPSA) is 56.7 Å². The minimum absolute atomic E-state index is 0.176. The standard InChI is InChI=1S/C25H24N2O3S/c1-4-7-9-17-12-13-19-22(15-17)31-25(27(19)14-5-2)26-24(28)21-16-18-10-8-11-20(29-6-3)23(18)30-21/h2,8,10-13,15-16H,4,6-7,9,14H2,1,3H3. The van der Waals surface area contributed by atoms with Gasteiger partial charge in [0.1, 0.15) is 0 Å². The van der Waals surface area contributed by atoms with Crippen LogP contribution in [0.1, 0.15) is 42.8 Å². The molecule has 0 fully saturated rings. The van der Waals surface area contributed by atoms with E-state index in [0.29, 0.717) is 29.3 Å². The highest BCUT2D eigenvalue weighted by Gasteiger charge is 2.16. The molecule has 0 aliphatic heterocycles. The molecule has 4 rings (SSSR count). The Hall–Kier alpha value is -3.30. The first-order chi connectivity index (χ1) is 15.1. The second-order valence-corrected chi connectivity index (χ2v) is 8.22. The number of carbonyl (C=O) groups is 1. The maximum atomic E-state index is 12.9. The molecule has 0 atom stereocenters. The number of carbonyl (C=O) groups excluding carboxylic acids is 1. The van der Waals surface area contributed by atoms with Crippen LogP contribution in [0.25, 0.3) is 21.2 Å². The predicted octanol–water partition coefficient (Wildman–Crippen LogP) is 5.56. The van der Waals surface area contributed by atoms with E-state index in [2.05, 4.69) is 36.0 Å². The summed E-state index contributed by atoms with van der Waals surface area (Å²) in [5, 5.41) is 0.804. The Bertz CT molecular complexity index is 1350. The molecule has 0 radical (unpaired) electrons. The summed E-state index contributed by atoms with van der Waals surface area (Å²) in [5.41, 5.74) is 2.82. The lowest BCUT2D eigenvalue weighted by atomic mass is 10.1. The summed E-state index contributed by atoms with van der Waals surface area (Å²) in [5.74, 6) is 3.01. The average molecular weight is 433 g/mol. The molecule has 0 unspecified atom stereocenters. The van der Waals surface area contributed by atoms with Crippen LogP contribution in [0, 0.1) is 12.3 Å². The fraction of sp³-hybridized carbons (Fsp3) is 0.280. The van der Waals surface area contributed by atoms with Gasteiger partial charge in [0.25, 0.3) is 0 Å². The van der Waals surface area contributed by atoms with Gasteiger partial charge in [-0.15, -0.1) is 6.42 Å². The van der Waals surface area contributed by atoms with Crippen LogP contribution in [0.4, 0.5) is 0 Å². The fourth-order valence-electron chi connectivity index (χ4n) is 3.54. The van der Waals surface area contributed by atoms with Gasteiger partial charge in [-0.3, -0.25) is 4.79 Å². The van der Waals surface area contributed by atoms with Crippen LogP contribution in [-0.2, 0) is 13.0 Å². The van der Waals surface area contributed by atoms with Gasteiger partial charge in [0.15, 0.2) is 21.9 Å². The lowest BCUT2D eigenvalue weighted by Crippen LogP contribution is -2.16.